The molecule has 5 rings (SSSR count). The van der Waals surface area contributed by atoms with Crippen LogP contribution in [0.25, 0.3) is 16.9 Å². The van der Waals surface area contributed by atoms with Crippen molar-refractivity contribution >= 4 is 23.2 Å². The molecular weight excluding hydrogens is 507 g/mol. The lowest BCUT2D eigenvalue weighted by molar-refractivity contribution is -0.137. The largest absolute Gasteiger partial charge is 0.416 e. The van der Waals surface area contributed by atoms with E-state index >= 15 is 0 Å². The van der Waals surface area contributed by atoms with E-state index in [-0.39, 0.29) is 11.3 Å². The van der Waals surface area contributed by atoms with Gasteiger partial charge in [0.25, 0.3) is 5.91 Å². The Morgan fingerprint density at radius 2 is 1.95 bits per heavy atom. The van der Waals surface area contributed by atoms with Crippen LogP contribution in [0.1, 0.15) is 33.6 Å². The van der Waals surface area contributed by atoms with Gasteiger partial charge in [0, 0.05) is 36.1 Å². The van der Waals surface area contributed by atoms with Crippen molar-refractivity contribution in [1.82, 2.24) is 29.7 Å². The van der Waals surface area contributed by atoms with E-state index in [0.717, 1.165) is 42.9 Å². The van der Waals surface area contributed by atoms with Crippen molar-refractivity contribution in [2.75, 3.05) is 18.4 Å². The summed E-state index contributed by atoms with van der Waals surface area (Å²) in [4.78, 5) is 15.1. The molecule has 0 unspecified atom stereocenters. The number of alkyl halides is 3. The van der Waals surface area contributed by atoms with Crippen molar-refractivity contribution in [2.45, 2.75) is 26.1 Å². The number of likely N-dealkylation sites (tertiary alicyclic amines) is 1. The minimum Gasteiger partial charge on any atom is -0.322 e. The Hall–Kier alpha value is -3.70. The van der Waals surface area contributed by atoms with E-state index < -0.39 is 17.6 Å². The Balaban J connectivity index is 1.41. The fourth-order valence-corrected chi connectivity index (χ4v) is 4.31. The first-order valence-electron chi connectivity index (χ1n) is 11.5. The Morgan fingerprint density at radius 3 is 2.59 bits per heavy atom. The molecule has 3 heterocycles. The molecule has 0 radical (unpaired) electrons. The lowest BCUT2D eigenvalue weighted by Crippen LogP contribution is -2.36. The van der Waals surface area contributed by atoms with Gasteiger partial charge in [0.15, 0.2) is 0 Å². The molecule has 1 N–H and O–H groups in total. The highest BCUT2D eigenvalue weighted by Crippen LogP contribution is 2.33. The summed E-state index contributed by atoms with van der Waals surface area (Å²) >= 11 is 6.38. The Bertz CT molecular complexity index is 1470. The normalized spacial score (nSPS) is 14.0. The zero-order chi connectivity index (χ0) is 26.3. The summed E-state index contributed by atoms with van der Waals surface area (Å²) in [6.07, 6.45) is -0.159. The number of halogens is 4. The molecule has 1 saturated heterocycles. The fourth-order valence-electron chi connectivity index (χ4n) is 4.11. The Labute approximate surface area is 215 Å². The van der Waals surface area contributed by atoms with Crippen LogP contribution < -0.4 is 5.32 Å². The van der Waals surface area contributed by atoms with Gasteiger partial charge in [-0.2, -0.15) is 18.3 Å². The van der Waals surface area contributed by atoms with Crippen LogP contribution >= 0.6 is 11.6 Å². The predicted molar refractivity (Wildman–Crippen MR) is 133 cm³/mol. The summed E-state index contributed by atoms with van der Waals surface area (Å²) in [6.45, 7) is 3.98. The maximum atomic E-state index is 13.5. The first kappa shape index (κ1) is 25.0. The molecule has 12 heteroatoms. The molecule has 1 amide bonds. The minimum atomic E-state index is -4.53. The predicted octanol–water partition coefficient (Wildman–Crippen LogP) is 5.11. The van der Waals surface area contributed by atoms with Crippen LogP contribution in [-0.2, 0) is 19.8 Å². The van der Waals surface area contributed by atoms with Crippen molar-refractivity contribution in [3.05, 3.63) is 76.2 Å². The first-order chi connectivity index (χ1) is 17.6. The highest BCUT2D eigenvalue weighted by Gasteiger charge is 2.31. The van der Waals surface area contributed by atoms with Gasteiger partial charge in [-0.1, -0.05) is 16.8 Å². The maximum absolute atomic E-state index is 13.5. The van der Waals surface area contributed by atoms with Gasteiger partial charge in [-0.15, -0.1) is 5.10 Å². The summed E-state index contributed by atoms with van der Waals surface area (Å²) in [5.74, 6) is -0.574. The second-order valence-corrected chi connectivity index (χ2v) is 9.39. The van der Waals surface area contributed by atoms with Gasteiger partial charge in [-0.05, 0) is 68.4 Å². The van der Waals surface area contributed by atoms with Crippen LogP contribution in [0.15, 0.2) is 48.8 Å². The molecule has 0 aliphatic carbocycles. The molecule has 1 fully saturated rings. The van der Waals surface area contributed by atoms with Crippen LogP contribution in [0.5, 0.6) is 0 Å². The van der Waals surface area contributed by atoms with E-state index in [1.54, 1.807) is 23.1 Å². The molecule has 0 atom stereocenters. The zero-order valence-corrected chi connectivity index (χ0v) is 20.8. The van der Waals surface area contributed by atoms with Crippen LogP contribution in [-0.4, -0.2) is 48.7 Å². The number of aromatic nitrogens is 5. The number of carbonyl (C=O) groups excluding carboxylic acids is 1. The van der Waals surface area contributed by atoms with Gasteiger partial charge >= 0.3 is 6.18 Å². The van der Waals surface area contributed by atoms with Crippen molar-refractivity contribution in [2.24, 2.45) is 7.05 Å². The van der Waals surface area contributed by atoms with Gasteiger partial charge in [0.1, 0.15) is 5.69 Å². The number of benzene rings is 2. The van der Waals surface area contributed by atoms with Gasteiger partial charge in [0.05, 0.1) is 28.7 Å². The standard InChI is InChI=1S/C25H23ClF3N7O/c1-15-20(12-30-34(15)2)22-14-36(33-32-22)23-10-17(4-5-21(23)26)24(37)31-19-9-16(13-35-6-3-7-35)8-18(11-19)25(27,28)29/h4-5,8-12,14H,3,6-7,13H2,1-2H3,(H,31,37). The number of nitrogens with one attached hydrogen (secondary N) is 1. The highest BCUT2D eigenvalue weighted by molar-refractivity contribution is 6.32. The topological polar surface area (TPSA) is 80.9 Å². The average molecular weight is 530 g/mol. The summed E-state index contributed by atoms with van der Waals surface area (Å²) in [6, 6.07) is 8.18. The van der Waals surface area contributed by atoms with E-state index in [0.29, 0.717) is 28.5 Å². The molecule has 192 valence electrons. The number of carbonyl (C=O) groups is 1. The van der Waals surface area contributed by atoms with E-state index in [1.165, 1.54) is 22.9 Å². The second kappa shape index (κ2) is 9.64. The number of rotatable bonds is 6. The van der Waals surface area contributed by atoms with E-state index in [1.807, 2.05) is 18.9 Å². The second-order valence-electron chi connectivity index (χ2n) is 8.98. The third-order valence-corrected chi connectivity index (χ3v) is 6.71. The quantitative estimate of drug-likeness (QED) is 0.375. The number of amides is 1. The molecule has 0 spiro atoms. The van der Waals surface area contributed by atoms with Crippen LogP contribution in [0.2, 0.25) is 5.02 Å². The summed E-state index contributed by atoms with van der Waals surface area (Å²) in [5.41, 5.74) is 2.64. The number of anilines is 1. The number of aryl methyl sites for hydroxylation is 1. The number of nitrogens with zero attached hydrogens (tertiary/aromatic N) is 6. The van der Waals surface area contributed by atoms with Gasteiger partial charge in [0.2, 0.25) is 0 Å². The van der Waals surface area contributed by atoms with Crippen LogP contribution in [0, 0.1) is 6.92 Å². The molecule has 0 bridgehead atoms. The molecule has 1 aliphatic rings. The summed E-state index contributed by atoms with van der Waals surface area (Å²) in [5, 5.41) is 15.5. The molecule has 4 aromatic rings. The maximum Gasteiger partial charge on any atom is 0.416 e. The van der Waals surface area contributed by atoms with Crippen molar-refractivity contribution in [3.63, 3.8) is 0 Å². The highest BCUT2D eigenvalue weighted by atomic mass is 35.5. The van der Waals surface area contributed by atoms with Crippen molar-refractivity contribution < 1.29 is 18.0 Å². The van der Waals surface area contributed by atoms with Crippen molar-refractivity contribution in [3.8, 4) is 16.9 Å². The van der Waals surface area contributed by atoms with E-state index in [4.69, 9.17) is 11.6 Å². The van der Waals surface area contributed by atoms with E-state index in [9.17, 15) is 18.0 Å². The van der Waals surface area contributed by atoms with Gasteiger partial charge in [-0.25, -0.2) is 4.68 Å². The monoisotopic (exact) mass is 529 g/mol. The van der Waals surface area contributed by atoms with Crippen LogP contribution in [0.4, 0.5) is 18.9 Å². The molecular formula is C25H23ClF3N7O. The van der Waals surface area contributed by atoms with E-state index in [2.05, 4.69) is 20.7 Å². The molecule has 2 aromatic heterocycles. The number of hydrogen-bond donors (Lipinski definition) is 1. The van der Waals surface area contributed by atoms with Crippen LogP contribution in [0.3, 0.4) is 0 Å². The molecule has 37 heavy (non-hydrogen) atoms. The third kappa shape index (κ3) is 5.23. The molecule has 8 nitrogen and oxygen atoms in total. The third-order valence-electron chi connectivity index (χ3n) is 6.39. The summed E-state index contributed by atoms with van der Waals surface area (Å²) in [7, 11) is 1.82. The molecule has 0 saturated carbocycles. The molecule has 1 aliphatic heterocycles. The minimum absolute atomic E-state index is 0.0712. The first-order valence-corrected chi connectivity index (χ1v) is 11.9. The van der Waals surface area contributed by atoms with Gasteiger partial charge < -0.3 is 5.32 Å². The zero-order valence-electron chi connectivity index (χ0n) is 20.1. The SMILES string of the molecule is Cc1c(-c2cn(-c3cc(C(=O)Nc4cc(CN5CCC5)cc(C(F)(F)F)c4)ccc3Cl)nn2)cnn1C. The molecule has 2 aromatic carbocycles. The average Bonchev–Trinajstić information content (AvgIpc) is 3.42. The summed E-state index contributed by atoms with van der Waals surface area (Å²) < 4.78 is 43.7. The van der Waals surface area contributed by atoms with Gasteiger partial charge in [-0.3, -0.25) is 14.4 Å². The fraction of sp³-hybridized carbons (Fsp3) is 0.280. The van der Waals surface area contributed by atoms with Crippen molar-refractivity contribution in [1.29, 1.82) is 0 Å². The smallest absolute Gasteiger partial charge is 0.322 e. The Kier molecular flexibility index (Phi) is 6.50. The number of hydrogen-bond acceptors (Lipinski definition) is 5. The lowest BCUT2D eigenvalue weighted by Gasteiger charge is -2.31. The lowest BCUT2D eigenvalue weighted by atomic mass is 10.1. The Morgan fingerprint density at radius 1 is 1.16 bits per heavy atom.